The van der Waals surface area contributed by atoms with Gasteiger partial charge < -0.3 is 5.32 Å². The number of amides is 1. The Balaban J connectivity index is 1.98. The first-order valence-corrected chi connectivity index (χ1v) is 10.3. The number of benzene rings is 1. The number of nitrogens with zero attached hydrogens (tertiary/aromatic N) is 3. The molecule has 3 rings (SSSR count). The van der Waals surface area contributed by atoms with E-state index >= 15 is 0 Å². The molecule has 0 aliphatic carbocycles. The lowest BCUT2D eigenvalue weighted by Crippen LogP contribution is -2.36. The zero-order valence-corrected chi connectivity index (χ0v) is 16.6. The van der Waals surface area contributed by atoms with E-state index in [0.717, 1.165) is 6.07 Å². The van der Waals surface area contributed by atoms with Crippen LogP contribution in [0, 0.1) is 27.8 Å². The number of rotatable bonds is 3. The molecule has 2 atom stereocenters. The standard InChI is InChI=1S/C18H21FN6O2S/c1-10(2)15-7-5-13-16(25(3)23-18(13)28(21,27)24-15)17(26)22-12-4-6-14(19)11(8-12)9-20/h4,6,8,10,15H,5,7H2,1-3H3,(H,22,26)(H2,21,24,27). The van der Waals surface area contributed by atoms with Gasteiger partial charge in [-0.05, 0) is 37.0 Å². The number of aromatic nitrogens is 2. The minimum atomic E-state index is -3.35. The minimum absolute atomic E-state index is 0.0696. The predicted molar refractivity (Wildman–Crippen MR) is 101 cm³/mol. The van der Waals surface area contributed by atoms with Gasteiger partial charge in [0.25, 0.3) is 5.91 Å². The van der Waals surface area contributed by atoms with Crippen molar-refractivity contribution in [3.63, 3.8) is 0 Å². The monoisotopic (exact) mass is 404 g/mol. The molecule has 0 fully saturated rings. The molecule has 0 saturated carbocycles. The van der Waals surface area contributed by atoms with Gasteiger partial charge in [0.1, 0.15) is 17.6 Å². The predicted octanol–water partition coefficient (Wildman–Crippen LogP) is 2.56. The van der Waals surface area contributed by atoms with E-state index in [9.17, 15) is 13.4 Å². The molecule has 1 amide bonds. The fourth-order valence-electron chi connectivity index (χ4n) is 3.26. The minimum Gasteiger partial charge on any atom is -0.321 e. The van der Waals surface area contributed by atoms with Crippen LogP contribution in [0.15, 0.2) is 23.2 Å². The lowest BCUT2D eigenvalue weighted by molar-refractivity contribution is 0.101. The van der Waals surface area contributed by atoms with Gasteiger partial charge in [0, 0.05) is 24.3 Å². The average molecular weight is 404 g/mol. The molecule has 2 heterocycles. The summed E-state index contributed by atoms with van der Waals surface area (Å²) >= 11 is 0. The molecule has 0 bridgehead atoms. The van der Waals surface area contributed by atoms with Gasteiger partial charge in [0.2, 0.25) is 0 Å². The summed E-state index contributed by atoms with van der Waals surface area (Å²) in [6.07, 6.45) is 1.06. The Bertz CT molecular complexity index is 1080. The second kappa shape index (κ2) is 7.33. The van der Waals surface area contributed by atoms with E-state index in [4.69, 9.17) is 10.0 Å². The summed E-state index contributed by atoms with van der Waals surface area (Å²) in [4.78, 5) is 12.9. The summed E-state index contributed by atoms with van der Waals surface area (Å²) in [5, 5.41) is 15.8. The lowest BCUT2D eigenvalue weighted by Gasteiger charge is -2.20. The molecule has 148 valence electrons. The van der Waals surface area contributed by atoms with Crippen molar-refractivity contribution in [2.24, 2.45) is 13.0 Å². The molecule has 28 heavy (non-hydrogen) atoms. The summed E-state index contributed by atoms with van der Waals surface area (Å²) in [7, 11) is -1.81. The molecule has 10 heteroatoms. The van der Waals surface area contributed by atoms with E-state index in [2.05, 4.69) is 15.1 Å². The number of hydrogen-bond donors (Lipinski definition) is 3. The van der Waals surface area contributed by atoms with Crippen LogP contribution in [0.4, 0.5) is 10.1 Å². The van der Waals surface area contributed by atoms with Crippen LogP contribution in [-0.4, -0.2) is 25.9 Å². The maximum absolute atomic E-state index is 13.5. The molecule has 8 nitrogen and oxygen atoms in total. The number of nitrogens with one attached hydrogen (secondary N) is 3. The lowest BCUT2D eigenvalue weighted by atomic mass is 9.97. The molecule has 2 aromatic rings. The Labute approximate surface area is 162 Å². The van der Waals surface area contributed by atoms with E-state index in [1.807, 2.05) is 13.8 Å². The van der Waals surface area contributed by atoms with Gasteiger partial charge >= 0.3 is 0 Å². The van der Waals surface area contributed by atoms with Crippen LogP contribution in [0.3, 0.4) is 0 Å². The second-order valence-electron chi connectivity index (χ2n) is 7.08. The first-order valence-electron chi connectivity index (χ1n) is 8.77. The Kier molecular flexibility index (Phi) is 5.23. The number of anilines is 1. The van der Waals surface area contributed by atoms with E-state index in [-0.39, 0.29) is 33.9 Å². The summed E-state index contributed by atoms with van der Waals surface area (Å²) < 4.78 is 38.8. The van der Waals surface area contributed by atoms with Gasteiger partial charge in [-0.25, -0.2) is 18.1 Å². The van der Waals surface area contributed by atoms with Crippen LogP contribution >= 0.6 is 0 Å². The molecule has 0 saturated heterocycles. The van der Waals surface area contributed by atoms with Gasteiger partial charge in [0.15, 0.2) is 14.9 Å². The van der Waals surface area contributed by atoms with Crippen LogP contribution in [-0.2, 0) is 23.4 Å². The fraction of sp³-hybridized carbons (Fsp3) is 0.389. The molecular formula is C18H21FN6O2S. The van der Waals surface area contributed by atoms with Gasteiger partial charge in [-0.1, -0.05) is 13.8 Å². The van der Waals surface area contributed by atoms with E-state index in [1.54, 1.807) is 13.1 Å². The third kappa shape index (κ3) is 3.63. The largest absolute Gasteiger partial charge is 0.321 e. The Hall–Kier alpha value is -2.77. The molecule has 1 aliphatic rings. The summed E-state index contributed by atoms with van der Waals surface area (Å²) in [5.41, 5.74) is 0.749. The van der Waals surface area contributed by atoms with Gasteiger partial charge in [0.05, 0.1) is 5.56 Å². The van der Waals surface area contributed by atoms with E-state index in [1.165, 1.54) is 16.8 Å². The number of aryl methyl sites for hydroxylation is 1. The van der Waals surface area contributed by atoms with Crippen molar-refractivity contribution in [1.29, 1.82) is 10.0 Å². The van der Waals surface area contributed by atoms with Crippen molar-refractivity contribution in [2.75, 3.05) is 5.32 Å². The molecule has 1 aromatic heterocycles. The van der Waals surface area contributed by atoms with E-state index in [0.29, 0.717) is 18.4 Å². The highest BCUT2D eigenvalue weighted by Gasteiger charge is 2.33. The van der Waals surface area contributed by atoms with Gasteiger partial charge in [-0.15, -0.1) is 0 Å². The van der Waals surface area contributed by atoms with Crippen molar-refractivity contribution in [1.82, 2.24) is 14.5 Å². The second-order valence-corrected chi connectivity index (χ2v) is 8.81. The number of halogens is 1. The first kappa shape index (κ1) is 20.0. The van der Waals surface area contributed by atoms with Crippen LogP contribution in [0.2, 0.25) is 0 Å². The maximum atomic E-state index is 13.5. The van der Waals surface area contributed by atoms with Gasteiger partial charge in [-0.2, -0.15) is 10.4 Å². The zero-order chi connectivity index (χ0) is 20.6. The highest BCUT2D eigenvalue weighted by Crippen LogP contribution is 2.28. The number of hydrogen-bond acceptors (Lipinski definition) is 5. The smallest absolute Gasteiger partial charge is 0.274 e. The molecule has 0 radical (unpaired) electrons. The summed E-state index contributed by atoms with van der Waals surface area (Å²) in [6, 6.07) is 5.29. The SMILES string of the molecule is CC(C)C1CCc2c(nn(C)c2C(=O)Nc2ccc(F)c(C#N)c2)S(=N)(=O)N1. The molecule has 1 aromatic carbocycles. The van der Waals surface area contributed by atoms with Crippen LogP contribution in [0.25, 0.3) is 0 Å². The maximum Gasteiger partial charge on any atom is 0.274 e. The number of nitriles is 1. The van der Waals surface area contributed by atoms with Crippen LogP contribution in [0.1, 0.15) is 41.9 Å². The molecule has 2 unspecified atom stereocenters. The van der Waals surface area contributed by atoms with Crippen molar-refractivity contribution < 1.29 is 13.4 Å². The van der Waals surface area contributed by atoms with Crippen molar-refractivity contribution in [2.45, 2.75) is 37.8 Å². The Morgan fingerprint density at radius 1 is 1.54 bits per heavy atom. The van der Waals surface area contributed by atoms with Crippen LogP contribution < -0.4 is 10.0 Å². The van der Waals surface area contributed by atoms with E-state index < -0.39 is 21.6 Å². The van der Waals surface area contributed by atoms with Crippen LogP contribution in [0.5, 0.6) is 0 Å². The topological polar surface area (TPSA) is 124 Å². The molecule has 3 N–H and O–H groups in total. The summed E-state index contributed by atoms with van der Waals surface area (Å²) in [5.74, 6) is -1.02. The highest BCUT2D eigenvalue weighted by molar-refractivity contribution is 7.90. The van der Waals surface area contributed by atoms with Crippen molar-refractivity contribution in [3.8, 4) is 6.07 Å². The van der Waals surface area contributed by atoms with Crippen molar-refractivity contribution in [3.05, 3.63) is 40.8 Å². The first-order chi connectivity index (χ1) is 13.1. The fourth-order valence-corrected chi connectivity index (χ4v) is 4.97. The zero-order valence-electron chi connectivity index (χ0n) is 15.7. The number of carbonyl (C=O) groups is 1. The Morgan fingerprint density at radius 3 is 2.89 bits per heavy atom. The summed E-state index contributed by atoms with van der Waals surface area (Å²) in [6.45, 7) is 3.96. The molecular weight excluding hydrogens is 383 g/mol. The Morgan fingerprint density at radius 2 is 2.25 bits per heavy atom. The third-order valence-electron chi connectivity index (χ3n) is 4.77. The van der Waals surface area contributed by atoms with Gasteiger partial charge in [-0.3, -0.25) is 9.48 Å². The molecule has 1 aliphatic heterocycles. The van der Waals surface area contributed by atoms with Crippen molar-refractivity contribution >= 4 is 21.5 Å². The average Bonchev–Trinajstić information content (AvgIpc) is 2.90. The number of fused-ring (bicyclic) bond motifs is 1. The quantitative estimate of drug-likeness (QED) is 0.727. The molecule has 0 spiro atoms. The normalized spacial score (nSPS) is 21.6. The number of carbonyl (C=O) groups excluding carboxylic acids is 1. The third-order valence-corrected chi connectivity index (χ3v) is 6.28. The highest BCUT2D eigenvalue weighted by atomic mass is 32.2.